The summed E-state index contributed by atoms with van der Waals surface area (Å²) in [6, 6.07) is -0.325. The molecule has 6 nitrogen and oxygen atoms in total. The number of urea groups is 1. The van der Waals surface area contributed by atoms with Crippen molar-refractivity contribution < 1.29 is 19.4 Å². The van der Waals surface area contributed by atoms with Gasteiger partial charge in [0.1, 0.15) is 6.54 Å². The van der Waals surface area contributed by atoms with Crippen LogP contribution in [0.25, 0.3) is 0 Å². The number of hydrogen-bond donors (Lipinski definition) is 2. The van der Waals surface area contributed by atoms with E-state index in [1.165, 1.54) is 31.3 Å². The van der Waals surface area contributed by atoms with Gasteiger partial charge in [0.05, 0.1) is 6.61 Å². The summed E-state index contributed by atoms with van der Waals surface area (Å²) in [5.41, 5.74) is 0. The summed E-state index contributed by atoms with van der Waals surface area (Å²) in [6.07, 6.45) is 4.77. The Morgan fingerprint density at radius 1 is 1.44 bits per heavy atom. The number of carbonyl (C=O) groups excluding carboxylic acids is 1. The second kappa shape index (κ2) is 7.92. The summed E-state index contributed by atoms with van der Waals surface area (Å²) in [5, 5.41) is 11.5. The van der Waals surface area contributed by atoms with Gasteiger partial charge in [-0.15, -0.1) is 0 Å². The average Bonchev–Trinajstić information content (AvgIpc) is 2.26. The molecule has 0 aromatic heterocycles. The zero-order chi connectivity index (χ0) is 13.4. The second-order valence-electron chi connectivity index (χ2n) is 4.63. The minimum Gasteiger partial charge on any atom is -0.480 e. The quantitative estimate of drug-likeness (QED) is 0.678. The number of amides is 2. The number of hydrogen-bond acceptors (Lipinski definition) is 3. The Kier molecular flexibility index (Phi) is 6.49. The van der Waals surface area contributed by atoms with Crippen LogP contribution < -0.4 is 5.32 Å². The molecule has 1 aliphatic carbocycles. The molecule has 0 unspecified atom stereocenters. The van der Waals surface area contributed by atoms with Crippen molar-refractivity contribution in [3.05, 3.63) is 0 Å². The fourth-order valence-electron chi connectivity index (χ4n) is 1.89. The molecule has 1 saturated carbocycles. The minimum atomic E-state index is -1.01. The maximum Gasteiger partial charge on any atom is 0.323 e. The normalized spacial score (nSPS) is 14.9. The molecule has 0 saturated heterocycles. The third-order valence-corrected chi connectivity index (χ3v) is 3.23. The van der Waals surface area contributed by atoms with Crippen LogP contribution in [0.2, 0.25) is 0 Å². The Morgan fingerprint density at radius 2 is 2.17 bits per heavy atom. The highest BCUT2D eigenvalue weighted by Gasteiger charge is 2.19. The summed E-state index contributed by atoms with van der Waals surface area (Å²) in [7, 11) is 1.52. The fourth-order valence-corrected chi connectivity index (χ4v) is 1.89. The molecule has 6 heteroatoms. The Hall–Kier alpha value is -1.30. The average molecular weight is 258 g/mol. The highest BCUT2D eigenvalue weighted by molar-refractivity contribution is 5.80. The zero-order valence-corrected chi connectivity index (χ0v) is 10.9. The summed E-state index contributed by atoms with van der Waals surface area (Å²) < 4.78 is 4.86. The van der Waals surface area contributed by atoms with E-state index in [1.54, 1.807) is 0 Å². The summed E-state index contributed by atoms with van der Waals surface area (Å²) in [6.45, 7) is 0.951. The van der Waals surface area contributed by atoms with Crippen molar-refractivity contribution >= 4 is 12.0 Å². The lowest BCUT2D eigenvalue weighted by Crippen LogP contribution is -2.44. The van der Waals surface area contributed by atoms with Gasteiger partial charge in [-0.25, -0.2) is 4.79 Å². The zero-order valence-electron chi connectivity index (χ0n) is 10.9. The molecule has 0 bridgehead atoms. The number of carboxylic acids is 1. The maximum absolute atomic E-state index is 11.8. The molecule has 2 amide bonds. The van der Waals surface area contributed by atoms with E-state index in [4.69, 9.17) is 9.84 Å². The van der Waals surface area contributed by atoms with Crippen molar-refractivity contribution in [3.8, 4) is 0 Å². The van der Waals surface area contributed by atoms with Crippen LogP contribution in [0.15, 0.2) is 0 Å². The monoisotopic (exact) mass is 258 g/mol. The highest BCUT2D eigenvalue weighted by Crippen LogP contribution is 2.28. The van der Waals surface area contributed by atoms with E-state index in [0.29, 0.717) is 13.2 Å². The first-order chi connectivity index (χ1) is 8.63. The van der Waals surface area contributed by atoms with Crippen LogP contribution in [0.5, 0.6) is 0 Å². The molecule has 18 heavy (non-hydrogen) atoms. The van der Waals surface area contributed by atoms with E-state index in [0.717, 1.165) is 12.3 Å². The lowest BCUT2D eigenvalue weighted by molar-refractivity contribution is -0.137. The topological polar surface area (TPSA) is 78.9 Å². The Morgan fingerprint density at radius 3 is 2.67 bits per heavy atom. The number of nitrogens with zero attached hydrogens (tertiary/aromatic N) is 1. The van der Waals surface area contributed by atoms with Gasteiger partial charge in [-0.3, -0.25) is 4.79 Å². The van der Waals surface area contributed by atoms with E-state index in [-0.39, 0.29) is 19.1 Å². The molecule has 0 radical (unpaired) electrons. The molecule has 2 N–H and O–H groups in total. The number of ether oxygens (including phenoxy) is 1. The van der Waals surface area contributed by atoms with Gasteiger partial charge in [0, 0.05) is 20.2 Å². The third-order valence-electron chi connectivity index (χ3n) is 3.23. The van der Waals surface area contributed by atoms with E-state index in [2.05, 4.69) is 5.32 Å². The van der Waals surface area contributed by atoms with Crippen molar-refractivity contribution in [3.63, 3.8) is 0 Å². The summed E-state index contributed by atoms with van der Waals surface area (Å²) in [4.78, 5) is 23.7. The van der Waals surface area contributed by atoms with Crippen LogP contribution in [-0.2, 0) is 9.53 Å². The third kappa shape index (κ3) is 5.35. The Labute approximate surface area is 107 Å². The number of carbonyl (C=O) groups is 2. The van der Waals surface area contributed by atoms with Crippen LogP contribution in [0.4, 0.5) is 4.79 Å². The first-order valence-corrected chi connectivity index (χ1v) is 6.37. The number of methoxy groups -OCH3 is 1. The smallest absolute Gasteiger partial charge is 0.323 e. The standard InChI is InChI=1S/C12H22N2O4/c1-18-8-7-14(9-11(15)16)12(17)13-6-5-10-3-2-4-10/h10H,2-9H2,1H3,(H,13,17)(H,15,16). The van der Waals surface area contributed by atoms with E-state index >= 15 is 0 Å². The predicted octanol–water partition coefficient (Wildman–Crippen LogP) is 0.919. The van der Waals surface area contributed by atoms with Crippen molar-refractivity contribution in [1.29, 1.82) is 0 Å². The molecular weight excluding hydrogens is 236 g/mol. The molecular formula is C12H22N2O4. The molecule has 1 fully saturated rings. The molecule has 0 aromatic rings. The Bertz CT molecular complexity index is 279. The maximum atomic E-state index is 11.8. The van der Waals surface area contributed by atoms with Gasteiger partial charge in [0.2, 0.25) is 0 Å². The highest BCUT2D eigenvalue weighted by atomic mass is 16.5. The first-order valence-electron chi connectivity index (χ1n) is 6.37. The number of nitrogens with one attached hydrogen (secondary N) is 1. The lowest BCUT2D eigenvalue weighted by atomic mass is 9.83. The van der Waals surface area contributed by atoms with Gasteiger partial charge < -0.3 is 20.1 Å². The molecule has 0 aromatic carbocycles. The predicted molar refractivity (Wildman–Crippen MR) is 66.4 cm³/mol. The molecule has 0 heterocycles. The van der Waals surface area contributed by atoms with Gasteiger partial charge in [0.25, 0.3) is 0 Å². The molecule has 1 rings (SSSR count). The molecule has 0 spiro atoms. The van der Waals surface area contributed by atoms with E-state index in [1.807, 2.05) is 0 Å². The van der Waals surface area contributed by atoms with Gasteiger partial charge in [-0.1, -0.05) is 19.3 Å². The summed E-state index contributed by atoms with van der Waals surface area (Å²) in [5.74, 6) is -0.280. The van der Waals surface area contributed by atoms with E-state index < -0.39 is 5.97 Å². The molecule has 0 atom stereocenters. The largest absolute Gasteiger partial charge is 0.480 e. The lowest BCUT2D eigenvalue weighted by Gasteiger charge is -2.26. The second-order valence-corrected chi connectivity index (χ2v) is 4.63. The number of carboxylic acid groups (broad SMARTS) is 1. The van der Waals surface area contributed by atoms with Crippen molar-refractivity contribution in [2.75, 3.05) is 33.4 Å². The SMILES string of the molecule is COCCN(CC(=O)O)C(=O)NCCC1CCC1. The molecule has 104 valence electrons. The van der Waals surface area contributed by atoms with Crippen molar-refractivity contribution in [2.24, 2.45) is 5.92 Å². The van der Waals surface area contributed by atoms with Gasteiger partial charge in [0.15, 0.2) is 0 Å². The van der Waals surface area contributed by atoms with Crippen molar-refractivity contribution in [1.82, 2.24) is 10.2 Å². The van der Waals surface area contributed by atoms with Gasteiger partial charge in [-0.05, 0) is 12.3 Å². The molecule has 1 aliphatic rings. The summed E-state index contributed by atoms with van der Waals surface area (Å²) >= 11 is 0. The van der Waals surface area contributed by atoms with Crippen LogP contribution in [0, 0.1) is 5.92 Å². The Balaban J connectivity index is 2.24. The van der Waals surface area contributed by atoms with Crippen LogP contribution in [0.3, 0.4) is 0 Å². The fraction of sp³-hybridized carbons (Fsp3) is 0.833. The van der Waals surface area contributed by atoms with Crippen LogP contribution >= 0.6 is 0 Å². The number of aliphatic carboxylic acids is 1. The van der Waals surface area contributed by atoms with Crippen LogP contribution in [0.1, 0.15) is 25.7 Å². The van der Waals surface area contributed by atoms with Crippen molar-refractivity contribution in [2.45, 2.75) is 25.7 Å². The number of rotatable bonds is 8. The van der Waals surface area contributed by atoms with Gasteiger partial charge in [-0.2, -0.15) is 0 Å². The molecule has 0 aliphatic heterocycles. The minimum absolute atomic E-state index is 0.290. The first kappa shape index (κ1) is 14.8. The van der Waals surface area contributed by atoms with Crippen LogP contribution in [-0.4, -0.2) is 55.4 Å². The van der Waals surface area contributed by atoms with E-state index in [9.17, 15) is 9.59 Å². The van der Waals surface area contributed by atoms with Gasteiger partial charge >= 0.3 is 12.0 Å².